The van der Waals surface area contributed by atoms with Crippen LogP contribution in [0.15, 0.2) is 59.6 Å². The van der Waals surface area contributed by atoms with E-state index in [0.717, 1.165) is 29.9 Å². The van der Waals surface area contributed by atoms with Crippen molar-refractivity contribution < 1.29 is 13.9 Å². The number of aromatic nitrogens is 2. The molecule has 0 saturated heterocycles. The van der Waals surface area contributed by atoms with Gasteiger partial charge in [-0.25, -0.2) is 14.1 Å². The zero-order chi connectivity index (χ0) is 25.0. The Morgan fingerprint density at radius 2 is 1.86 bits per heavy atom. The van der Waals surface area contributed by atoms with E-state index in [0.29, 0.717) is 41.9 Å². The number of aliphatic imine (C=N–C) groups is 1. The third-order valence-electron chi connectivity index (χ3n) is 6.58. The van der Waals surface area contributed by atoms with Gasteiger partial charge in [0.1, 0.15) is 23.0 Å². The number of halogens is 1. The highest BCUT2D eigenvalue weighted by atomic mass is 19.1. The fourth-order valence-electron chi connectivity index (χ4n) is 4.82. The van der Waals surface area contributed by atoms with Crippen LogP contribution in [-0.4, -0.2) is 52.3 Å². The van der Waals surface area contributed by atoms with Crippen LogP contribution in [0, 0.1) is 5.82 Å². The Balaban J connectivity index is 1.41. The second-order valence-electron chi connectivity index (χ2n) is 9.91. The molecule has 9 heteroatoms. The minimum Gasteiger partial charge on any atom is -0.493 e. The van der Waals surface area contributed by atoms with Crippen LogP contribution in [0.2, 0.25) is 0 Å². The number of ether oxygens (including phenoxy) is 1. The predicted molar refractivity (Wildman–Crippen MR) is 137 cm³/mol. The Morgan fingerprint density at radius 1 is 1.11 bits per heavy atom. The van der Waals surface area contributed by atoms with Gasteiger partial charge >= 0.3 is 0 Å². The maximum atomic E-state index is 13.5. The molecule has 1 aromatic heterocycles. The molecule has 36 heavy (non-hydrogen) atoms. The van der Waals surface area contributed by atoms with Gasteiger partial charge in [-0.1, -0.05) is 24.3 Å². The molecule has 1 amide bonds. The highest BCUT2D eigenvalue weighted by Crippen LogP contribution is 2.39. The predicted octanol–water partition coefficient (Wildman–Crippen LogP) is 4.62. The molecule has 3 aliphatic rings. The van der Waals surface area contributed by atoms with Crippen molar-refractivity contribution in [1.29, 1.82) is 0 Å². The molecule has 0 bridgehead atoms. The molecule has 0 aliphatic carbocycles. The Labute approximate surface area is 208 Å². The molecule has 3 aliphatic heterocycles. The molecular weight excluding hydrogens is 459 g/mol. The number of nitrogens with zero attached hydrogens (tertiary/aromatic N) is 5. The Morgan fingerprint density at radius 3 is 2.56 bits per heavy atom. The molecule has 8 nitrogen and oxygen atoms in total. The zero-order valence-electron chi connectivity index (χ0n) is 20.5. The van der Waals surface area contributed by atoms with Gasteiger partial charge in [0.2, 0.25) is 5.96 Å². The zero-order valence-corrected chi connectivity index (χ0v) is 20.5. The number of carbonyl (C=O) groups is 1. The van der Waals surface area contributed by atoms with Crippen LogP contribution in [0.3, 0.4) is 0 Å². The summed E-state index contributed by atoms with van der Waals surface area (Å²) in [7, 11) is 1.73. The van der Waals surface area contributed by atoms with Crippen molar-refractivity contribution in [2.75, 3.05) is 30.4 Å². The molecule has 4 heterocycles. The summed E-state index contributed by atoms with van der Waals surface area (Å²) in [5, 5.41) is 8.22. The normalized spacial score (nSPS) is 17.9. The molecule has 1 N–H and O–H groups in total. The van der Waals surface area contributed by atoms with E-state index in [1.165, 1.54) is 12.1 Å². The van der Waals surface area contributed by atoms with Gasteiger partial charge in [-0.3, -0.25) is 14.6 Å². The van der Waals surface area contributed by atoms with E-state index < -0.39 is 0 Å². The lowest BCUT2D eigenvalue weighted by atomic mass is 10.1. The lowest BCUT2D eigenvalue weighted by Gasteiger charge is -2.30. The summed E-state index contributed by atoms with van der Waals surface area (Å²) >= 11 is 0. The van der Waals surface area contributed by atoms with Gasteiger partial charge in [0.05, 0.1) is 25.2 Å². The summed E-state index contributed by atoms with van der Waals surface area (Å²) in [5.41, 5.74) is 2.86. The van der Waals surface area contributed by atoms with Crippen molar-refractivity contribution in [3.8, 4) is 0 Å². The molecular formula is C27H27FN6O2. The van der Waals surface area contributed by atoms with Gasteiger partial charge in [0.15, 0.2) is 5.82 Å². The van der Waals surface area contributed by atoms with E-state index in [2.05, 4.69) is 11.4 Å². The molecule has 0 saturated carbocycles. The SMILES string of the molecule is CN1C(=O)c2c(nn(Cc3ccc(C4=CCCO4)cc3)c2Nc2ccc(F)cc2)N2CC(C)(C)N=C12. The first kappa shape index (κ1) is 22.3. The maximum absolute atomic E-state index is 13.5. The molecule has 0 atom stereocenters. The van der Waals surface area contributed by atoms with Gasteiger partial charge in [-0.2, -0.15) is 5.10 Å². The van der Waals surface area contributed by atoms with E-state index in [9.17, 15) is 9.18 Å². The summed E-state index contributed by atoms with van der Waals surface area (Å²) in [6, 6.07) is 14.2. The number of guanidine groups is 1. The summed E-state index contributed by atoms with van der Waals surface area (Å²) in [6.07, 6.45) is 3.02. The van der Waals surface area contributed by atoms with Crippen LogP contribution in [-0.2, 0) is 11.3 Å². The highest BCUT2D eigenvalue weighted by molar-refractivity contribution is 6.20. The largest absolute Gasteiger partial charge is 0.493 e. The lowest BCUT2D eigenvalue weighted by molar-refractivity contribution is 0.0866. The average molecular weight is 487 g/mol. The molecule has 0 unspecified atom stereocenters. The smallest absolute Gasteiger partial charge is 0.267 e. The number of hydrogen-bond donors (Lipinski definition) is 1. The molecule has 3 aromatic rings. The third-order valence-corrected chi connectivity index (χ3v) is 6.58. The van der Waals surface area contributed by atoms with Gasteiger partial charge in [0, 0.05) is 24.7 Å². The quantitative estimate of drug-likeness (QED) is 0.570. The fraction of sp³-hybridized carbons (Fsp3) is 0.296. The van der Waals surface area contributed by atoms with E-state index in [4.69, 9.17) is 14.8 Å². The van der Waals surface area contributed by atoms with Crippen molar-refractivity contribution in [1.82, 2.24) is 14.7 Å². The van der Waals surface area contributed by atoms with E-state index in [-0.39, 0.29) is 17.3 Å². The first-order valence-corrected chi connectivity index (χ1v) is 12.0. The summed E-state index contributed by atoms with van der Waals surface area (Å²) < 4.78 is 21.0. The fourth-order valence-corrected chi connectivity index (χ4v) is 4.82. The first-order valence-electron chi connectivity index (χ1n) is 12.0. The molecule has 2 aromatic carbocycles. The number of carbonyl (C=O) groups excluding carboxylic acids is 1. The second-order valence-corrected chi connectivity index (χ2v) is 9.91. The second kappa shape index (κ2) is 8.22. The average Bonchev–Trinajstić information content (AvgIpc) is 3.58. The van der Waals surface area contributed by atoms with Gasteiger partial charge in [-0.15, -0.1) is 0 Å². The first-order chi connectivity index (χ1) is 17.3. The number of amides is 1. The van der Waals surface area contributed by atoms with Crippen molar-refractivity contribution in [2.24, 2.45) is 4.99 Å². The number of rotatable bonds is 5. The molecule has 6 rings (SSSR count). The minimum absolute atomic E-state index is 0.186. The van der Waals surface area contributed by atoms with Crippen LogP contribution >= 0.6 is 0 Å². The molecule has 184 valence electrons. The standard InChI is InChI=1S/C27H27FN6O2/c1-27(2)16-33-24-22(25(35)32(3)26(33)30-27)23(29-20-12-10-19(28)11-13-20)34(31-24)15-17-6-8-18(9-7-17)21-5-4-14-36-21/h5-13,29H,4,14-16H2,1-3H3. The van der Waals surface area contributed by atoms with E-state index in [1.54, 1.807) is 28.8 Å². The summed E-state index contributed by atoms with van der Waals surface area (Å²) in [6.45, 7) is 5.85. The van der Waals surface area contributed by atoms with Crippen LogP contribution in [0.1, 0.15) is 41.8 Å². The summed E-state index contributed by atoms with van der Waals surface area (Å²) in [5.74, 6) is 2.13. The molecule has 0 radical (unpaired) electrons. The van der Waals surface area contributed by atoms with Gasteiger partial charge < -0.3 is 10.1 Å². The van der Waals surface area contributed by atoms with Crippen molar-refractivity contribution >= 4 is 34.9 Å². The number of nitrogens with one attached hydrogen (secondary N) is 1. The van der Waals surface area contributed by atoms with Crippen molar-refractivity contribution in [2.45, 2.75) is 32.4 Å². The van der Waals surface area contributed by atoms with E-state index in [1.807, 2.05) is 43.0 Å². The maximum Gasteiger partial charge on any atom is 0.267 e. The molecule has 0 fully saturated rings. The third kappa shape index (κ3) is 3.80. The van der Waals surface area contributed by atoms with Crippen LogP contribution < -0.4 is 10.2 Å². The monoisotopic (exact) mass is 486 g/mol. The summed E-state index contributed by atoms with van der Waals surface area (Å²) in [4.78, 5) is 21.9. The Bertz CT molecular complexity index is 1410. The number of benzene rings is 2. The number of anilines is 3. The lowest BCUT2D eigenvalue weighted by Crippen LogP contribution is -2.48. The number of hydrogen-bond acceptors (Lipinski definition) is 6. The van der Waals surface area contributed by atoms with Crippen LogP contribution in [0.5, 0.6) is 0 Å². The number of fused-ring (bicyclic) bond motifs is 3. The van der Waals surface area contributed by atoms with Crippen LogP contribution in [0.25, 0.3) is 5.76 Å². The van der Waals surface area contributed by atoms with Crippen LogP contribution in [0.4, 0.5) is 21.7 Å². The van der Waals surface area contributed by atoms with Gasteiger partial charge in [0.25, 0.3) is 5.91 Å². The Hall–Kier alpha value is -4.14. The Kier molecular flexibility index (Phi) is 5.10. The molecule has 0 spiro atoms. The highest BCUT2D eigenvalue weighted by Gasteiger charge is 2.45. The van der Waals surface area contributed by atoms with Crippen molar-refractivity contribution in [3.05, 3.63) is 77.1 Å². The van der Waals surface area contributed by atoms with Gasteiger partial charge in [-0.05, 0) is 49.8 Å². The topological polar surface area (TPSA) is 75.0 Å². The minimum atomic E-state index is -0.341. The van der Waals surface area contributed by atoms with E-state index >= 15 is 0 Å². The van der Waals surface area contributed by atoms with Crippen molar-refractivity contribution in [3.63, 3.8) is 0 Å².